The Hall–Kier alpha value is -0.990. The number of carbonyl (C=O) groups excluding carboxylic acids is 1. The minimum absolute atomic E-state index is 0.0808. The Morgan fingerprint density at radius 2 is 1.95 bits per heavy atom. The fraction of sp³-hybridized carbons (Fsp3) is 0.500. The second-order valence-electron chi connectivity index (χ2n) is 5.20. The molecular weight excluding hydrogens is 346 g/mol. The average Bonchev–Trinajstić information content (AvgIpc) is 2.35. The Bertz CT molecular complexity index is 645. The molecule has 2 rings (SSSR count). The van der Waals surface area contributed by atoms with E-state index in [0.29, 0.717) is 11.0 Å². The molecule has 0 atom stereocenters. The van der Waals surface area contributed by atoms with Crippen LogP contribution in [0.4, 0.5) is 0 Å². The molecule has 0 bridgehead atoms. The van der Waals surface area contributed by atoms with E-state index in [1.165, 1.54) is 22.8 Å². The Morgan fingerprint density at radius 3 is 2.55 bits per heavy atom. The van der Waals surface area contributed by atoms with Crippen LogP contribution < -0.4 is 0 Å². The highest BCUT2D eigenvalue weighted by atomic mass is 79.9. The number of aromatic nitrogens is 1. The van der Waals surface area contributed by atoms with Gasteiger partial charge in [0.25, 0.3) is 0 Å². The highest BCUT2D eigenvalue weighted by Crippen LogP contribution is 2.29. The third kappa shape index (κ3) is 2.47. The van der Waals surface area contributed by atoms with Gasteiger partial charge in [-0.1, -0.05) is 0 Å². The molecule has 1 aliphatic heterocycles. The number of amides is 1. The van der Waals surface area contributed by atoms with Crippen LogP contribution >= 0.6 is 15.9 Å². The van der Waals surface area contributed by atoms with Crippen molar-refractivity contribution >= 4 is 31.9 Å². The summed E-state index contributed by atoms with van der Waals surface area (Å²) >= 11 is 3.21. The first kappa shape index (κ1) is 15.4. The van der Waals surface area contributed by atoms with E-state index in [1.807, 2.05) is 0 Å². The molecule has 1 aromatic heterocycles. The first-order chi connectivity index (χ1) is 9.17. The molecule has 6 nitrogen and oxygen atoms in total. The van der Waals surface area contributed by atoms with Gasteiger partial charge < -0.3 is 4.90 Å². The fourth-order valence-electron chi connectivity index (χ4n) is 2.28. The summed E-state index contributed by atoms with van der Waals surface area (Å²) in [4.78, 5) is 17.7. The molecule has 1 aliphatic rings. The van der Waals surface area contributed by atoms with Crippen LogP contribution in [0.2, 0.25) is 0 Å². The molecular formula is C12H16BrN3O3S. The second-order valence-corrected chi connectivity index (χ2v) is 7.98. The number of hydrogen-bond acceptors (Lipinski definition) is 4. The number of hydrogen-bond donors (Lipinski definition) is 0. The number of carbonyl (C=O) groups is 1. The van der Waals surface area contributed by atoms with E-state index in [9.17, 15) is 13.2 Å². The molecule has 8 heteroatoms. The van der Waals surface area contributed by atoms with Crippen LogP contribution in [0.15, 0.2) is 27.8 Å². The fourth-order valence-corrected chi connectivity index (χ4v) is 4.52. The Labute approximate surface area is 127 Å². The van der Waals surface area contributed by atoms with Gasteiger partial charge >= 0.3 is 0 Å². The summed E-state index contributed by atoms with van der Waals surface area (Å²) in [7, 11) is -2.08. The lowest BCUT2D eigenvalue weighted by Crippen LogP contribution is -2.63. The average molecular weight is 362 g/mol. The highest BCUT2D eigenvalue weighted by molar-refractivity contribution is 9.10. The summed E-state index contributed by atoms with van der Waals surface area (Å²) in [6.45, 7) is 3.88. The zero-order chi connectivity index (χ0) is 15.1. The molecule has 1 saturated heterocycles. The molecule has 0 unspecified atom stereocenters. The van der Waals surface area contributed by atoms with Crippen LogP contribution in [0.5, 0.6) is 0 Å². The lowest BCUT2D eigenvalue weighted by atomic mass is 10.0. The first-order valence-electron chi connectivity index (χ1n) is 6.06. The van der Waals surface area contributed by atoms with E-state index in [4.69, 9.17) is 0 Å². The van der Waals surface area contributed by atoms with Gasteiger partial charge in [-0.3, -0.25) is 9.78 Å². The van der Waals surface area contributed by atoms with Crippen LogP contribution in [0.25, 0.3) is 0 Å². The van der Waals surface area contributed by atoms with Crippen molar-refractivity contribution in [2.75, 3.05) is 20.1 Å². The number of sulfonamides is 1. The van der Waals surface area contributed by atoms with E-state index >= 15 is 0 Å². The standard InChI is InChI=1S/C12H16BrN3O3S/c1-12(2)11(17)15(3)4-5-16(12)20(18,19)10-6-9(13)7-14-8-10/h6-8H,4-5H2,1-3H3. The number of piperazine rings is 1. The van der Waals surface area contributed by atoms with Gasteiger partial charge in [0.1, 0.15) is 10.4 Å². The Kier molecular flexibility index (Phi) is 3.92. The molecule has 2 heterocycles. The molecule has 0 N–H and O–H groups in total. The second kappa shape index (κ2) is 5.09. The molecule has 1 aromatic rings. The third-order valence-corrected chi connectivity index (χ3v) is 5.87. The van der Waals surface area contributed by atoms with Gasteiger partial charge in [-0.2, -0.15) is 4.31 Å². The van der Waals surface area contributed by atoms with Crippen molar-refractivity contribution in [2.45, 2.75) is 24.3 Å². The molecule has 0 aliphatic carbocycles. The normalized spacial score (nSPS) is 20.2. The van der Waals surface area contributed by atoms with Crippen molar-refractivity contribution in [2.24, 2.45) is 0 Å². The minimum atomic E-state index is -3.76. The topological polar surface area (TPSA) is 70.6 Å². The number of nitrogens with zero attached hydrogens (tertiary/aromatic N) is 3. The lowest BCUT2D eigenvalue weighted by molar-refractivity contribution is -0.142. The first-order valence-corrected chi connectivity index (χ1v) is 8.29. The zero-order valence-electron chi connectivity index (χ0n) is 11.5. The Morgan fingerprint density at radius 1 is 1.30 bits per heavy atom. The van der Waals surface area contributed by atoms with Gasteiger partial charge in [0.15, 0.2) is 0 Å². The van der Waals surface area contributed by atoms with E-state index in [-0.39, 0.29) is 17.3 Å². The number of pyridine rings is 1. The van der Waals surface area contributed by atoms with Gasteiger partial charge in [-0.15, -0.1) is 0 Å². The number of rotatable bonds is 2. The maximum absolute atomic E-state index is 12.7. The van der Waals surface area contributed by atoms with Crippen molar-refractivity contribution in [3.63, 3.8) is 0 Å². The molecule has 0 spiro atoms. The van der Waals surface area contributed by atoms with Gasteiger partial charge in [-0.25, -0.2) is 8.42 Å². The van der Waals surface area contributed by atoms with Crippen LogP contribution in [0.1, 0.15) is 13.8 Å². The van der Waals surface area contributed by atoms with Gasteiger partial charge in [0.05, 0.1) is 0 Å². The summed E-state index contributed by atoms with van der Waals surface area (Å²) in [6, 6.07) is 1.49. The highest BCUT2D eigenvalue weighted by Gasteiger charge is 2.46. The summed E-state index contributed by atoms with van der Waals surface area (Å²) in [5.41, 5.74) is -1.10. The van der Waals surface area contributed by atoms with Crippen molar-refractivity contribution in [3.05, 3.63) is 22.9 Å². The van der Waals surface area contributed by atoms with Gasteiger partial charge in [0, 0.05) is 37.0 Å². The van der Waals surface area contributed by atoms with Crippen LogP contribution in [0.3, 0.4) is 0 Å². The monoisotopic (exact) mass is 361 g/mol. The quantitative estimate of drug-likeness (QED) is 0.790. The third-order valence-electron chi connectivity index (χ3n) is 3.40. The number of likely N-dealkylation sites (N-methyl/N-ethyl adjacent to an activating group) is 1. The van der Waals surface area contributed by atoms with E-state index in [1.54, 1.807) is 25.8 Å². The van der Waals surface area contributed by atoms with Crippen LogP contribution in [-0.4, -0.2) is 54.2 Å². The molecule has 0 aromatic carbocycles. The van der Waals surface area contributed by atoms with Crippen molar-refractivity contribution in [3.8, 4) is 0 Å². The molecule has 0 saturated carbocycles. The number of halogens is 1. The predicted octanol–water partition coefficient (Wildman–Crippen LogP) is 1.09. The largest absolute Gasteiger partial charge is 0.343 e. The van der Waals surface area contributed by atoms with E-state index < -0.39 is 15.6 Å². The Balaban J connectivity index is 2.47. The van der Waals surface area contributed by atoms with Crippen molar-refractivity contribution in [1.29, 1.82) is 0 Å². The molecule has 20 heavy (non-hydrogen) atoms. The smallest absolute Gasteiger partial charge is 0.245 e. The lowest BCUT2D eigenvalue weighted by Gasteiger charge is -2.43. The van der Waals surface area contributed by atoms with Crippen molar-refractivity contribution < 1.29 is 13.2 Å². The van der Waals surface area contributed by atoms with Gasteiger partial charge in [-0.05, 0) is 35.8 Å². The SMILES string of the molecule is CN1CCN(S(=O)(=O)c2cncc(Br)c2)C(C)(C)C1=O. The van der Waals surface area contributed by atoms with E-state index in [0.717, 1.165) is 0 Å². The molecule has 110 valence electrons. The summed E-state index contributed by atoms with van der Waals surface area (Å²) in [5, 5.41) is 0. The summed E-state index contributed by atoms with van der Waals surface area (Å²) in [6.07, 6.45) is 2.80. The van der Waals surface area contributed by atoms with Crippen molar-refractivity contribution in [1.82, 2.24) is 14.2 Å². The van der Waals surface area contributed by atoms with Gasteiger partial charge in [0.2, 0.25) is 15.9 Å². The molecule has 0 radical (unpaired) electrons. The van der Waals surface area contributed by atoms with Crippen LogP contribution in [-0.2, 0) is 14.8 Å². The maximum Gasteiger partial charge on any atom is 0.245 e. The molecule has 1 fully saturated rings. The van der Waals surface area contributed by atoms with Crippen LogP contribution in [0, 0.1) is 0 Å². The zero-order valence-corrected chi connectivity index (χ0v) is 13.9. The summed E-state index contributed by atoms with van der Waals surface area (Å²) < 4.78 is 27.2. The van der Waals surface area contributed by atoms with E-state index in [2.05, 4.69) is 20.9 Å². The molecule has 1 amide bonds. The summed E-state index contributed by atoms with van der Waals surface area (Å²) in [5.74, 6) is -0.213. The minimum Gasteiger partial charge on any atom is -0.343 e. The predicted molar refractivity (Wildman–Crippen MR) is 77.5 cm³/mol. The maximum atomic E-state index is 12.7.